The zero-order valence-electron chi connectivity index (χ0n) is 17.5. The lowest BCUT2D eigenvalue weighted by Crippen LogP contribution is -2.48. The molecular formula is C23H28N2O4S. The Morgan fingerprint density at radius 1 is 1.23 bits per heavy atom. The van der Waals surface area contributed by atoms with Crippen LogP contribution in [0.15, 0.2) is 35.7 Å². The van der Waals surface area contributed by atoms with Crippen LogP contribution >= 0.6 is 11.3 Å². The Kier molecular flexibility index (Phi) is 6.27. The minimum absolute atomic E-state index is 0.000192. The van der Waals surface area contributed by atoms with E-state index in [1.165, 1.54) is 4.88 Å². The van der Waals surface area contributed by atoms with Gasteiger partial charge in [-0.1, -0.05) is 13.0 Å². The van der Waals surface area contributed by atoms with Gasteiger partial charge < -0.3 is 19.3 Å². The molecule has 160 valence electrons. The van der Waals surface area contributed by atoms with E-state index in [4.69, 9.17) is 9.47 Å². The molecule has 2 aliphatic rings. The number of carbonyl (C=O) groups is 2. The Bertz CT molecular complexity index is 908. The number of ether oxygens (including phenoxy) is 2. The summed E-state index contributed by atoms with van der Waals surface area (Å²) < 4.78 is 11.4. The molecule has 0 unspecified atom stereocenters. The maximum absolute atomic E-state index is 13.3. The first kappa shape index (κ1) is 20.7. The number of rotatable bonds is 8. The summed E-state index contributed by atoms with van der Waals surface area (Å²) in [6.45, 7) is 3.03. The van der Waals surface area contributed by atoms with Crippen molar-refractivity contribution >= 4 is 23.2 Å². The van der Waals surface area contributed by atoms with Crippen molar-refractivity contribution in [3.05, 3.63) is 46.2 Å². The molecule has 1 aromatic heterocycles. The van der Waals surface area contributed by atoms with Gasteiger partial charge in [0.15, 0.2) is 0 Å². The van der Waals surface area contributed by atoms with Gasteiger partial charge in [0.1, 0.15) is 24.7 Å². The van der Waals surface area contributed by atoms with Crippen LogP contribution in [0.3, 0.4) is 0 Å². The molecule has 6 nitrogen and oxygen atoms in total. The second-order valence-electron chi connectivity index (χ2n) is 7.75. The van der Waals surface area contributed by atoms with Crippen LogP contribution in [-0.2, 0) is 16.0 Å². The fourth-order valence-electron chi connectivity index (χ4n) is 3.99. The van der Waals surface area contributed by atoms with Gasteiger partial charge in [0.25, 0.3) is 0 Å². The minimum Gasteiger partial charge on any atom is -0.497 e. The van der Waals surface area contributed by atoms with E-state index in [1.54, 1.807) is 23.3 Å². The first-order valence-corrected chi connectivity index (χ1v) is 11.4. The number of benzene rings is 1. The van der Waals surface area contributed by atoms with Crippen LogP contribution in [0.25, 0.3) is 0 Å². The quantitative estimate of drug-likeness (QED) is 0.644. The van der Waals surface area contributed by atoms with E-state index in [-0.39, 0.29) is 30.4 Å². The van der Waals surface area contributed by atoms with Crippen LogP contribution in [0.2, 0.25) is 0 Å². The molecule has 0 N–H and O–H groups in total. The molecule has 1 fully saturated rings. The first-order valence-electron chi connectivity index (χ1n) is 10.5. The number of hydrogen-bond donors (Lipinski definition) is 0. The second kappa shape index (κ2) is 9.08. The topological polar surface area (TPSA) is 59.1 Å². The molecule has 7 heteroatoms. The van der Waals surface area contributed by atoms with Crippen LogP contribution in [0.1, 0.15) is 42.7 Å². The van der Waals surface area contributed by atoms with Crippen LogP contribution < -0.4 is 9.47 Å². The predicted molar refractivity (Wildman–Crippen MR) is 116 cm³/mol. The molecule has 2 aromatic rings. The summed E-state index contributed by atoms with van der Waals surface area (Å²) in [6.07, 6.45) is 3.27. The van der Waals surface area contributed by atoms with E-state index in [2.05, 4.69) is 11.4 Å². The molecular weight excluding hydrogens is 400 g/mol. The van der Waals surface area contributed by atoms with Crippen molar-refractivity contribution in [1.82, 2.24) is 9.80 Å². The van der Waals surface area contributed by atoms with Crippen molar-refractivity contribution in [1.29, 1.82) is 0 Å². The third-order valence-electron chi connectivity index (χ3n) is 5.78. The van der Waals surface area contributed by atoms with Gasteiger partial charge in [-0.25, -0.2) is 0 Å². The van der Waals surface area contributed by atoms with Crippen molar-refractivity contribution < 1.29 is 19.1 Å². The summed E-state index contributed by atoms with van der Waals surface area (Å²) in [5.41, 5.74) is 1.15. The van der Waals surface area contributed by atoms with Gasteiger partial charge in [0, 0.05) is 30.0 Å². The van der Waals surface area contributed by atoms with Gasteiger partial charge in [-0.2, -0.15) is 0 Å². The molecule has 1 saturated carbocycles. The molecule has 1 aliphatic carbocycles. The van der Waals surface area contributed by atoms with E-state index in [0.717, 1.165) is 30.6 Å². The summed E-state index contributed by atoms with van der Waals surface area (Å²) in [6, 6.07) is 9.66. The van der Waals surface area contributed by atoms with Crippen molar-refractivity contribution in [3.8, 4) is 11.5 Å². The third kappa shape index (κ3) is 4.46. The Morgan fingerprint density at radius 2 is 2.03 bits per heavy atom. The maximum Gasteiger partial charge on any atom is 0.242 e. The van der Waals surface area contributed by atoms with Gasteiger partial charge in [0.2, 0.25) is 11.8 Å². The molecule has 1 aliphatic heterocycles. The lowest BCUT2D eigenvalue weighted by atomic mass is 10.0. The van der Waals surface area contributed by atoms with Crippen LogP contribution in [0.5, 0.6) is 11.5 Å². The van der Waals surface area contributed by atoms with Crippen LogP contribution in [0, 0.1) is 0 Å². The lowest BCUT2D eigenvalue weighted by molar-refractivity contribution is -0.143. The number of amides is 2. The summed E-state index contributed by atoms with van der Waals surface area (Å²) >= 11 is 1.73. The van der Waals surface area contributed by atoms with Crippen molar-refractivity contribution in [2.24, 2.45) is 0 Å². The second-order valence-corrected chi connectivity index (χ2v) is 8.75. The van der Waals surface area contributed by atoms with Crippen molar-refractivity contribution in [3.63, 3.8) is 0 Å². The van der Waals surface area contributed by atoms with Crippen molar-refractivity contribution in [2.45, 2.75) is 44.7 Å². The van der Waals surface area contributed by atoms with Gasteiger partial charge >= 0.3 is 0 Å². The SMILES string of the molecule is CCC(=O)N(CC(=O)N1CCc2sccc2[C@@H]1COc1cccc(OC)c1)C1CC1. The van der Waals surface area contributed by atoms with E-state index < -0.39 is 0 Å². The highest BCUT2D eigenvalue weighted by Gasteiger charge is 2.37. The number of nitrogens with zero attached hydrogens (tertiary/aromatic N) is 2. The van der Waals surface area contributed by atoms with E-state index in [9.17, 15) is 9.59 Å². The molecule has 0 radical (unpaired) electrons. The number of hydrogen-bond acceptors (Lipinski definition) is 5. The maximum atomic E-state index is 13.3. The number of carbonyl (C=O) groups excluding carboxylic acids is 2. The van der Waals surface area contributed by atoms with Crippen LogP contribution in [0.4, 0.5) is 0 Å². The van der Waals surface area contributed by atoms with Gasteiger partial charge in [-0.15, -0.1) is 11.3 Å². The Hall–Kier alpha value is -2.54. The average Bonchev–Trinajstić information content (AvgIpc) is 3.50. The Labute approximate surface area is 181 Å². The predicted octanol–water partition coefficient (Wildman–Crippen LogP) is 3.66. The molecule has 1 aromatic carbocycles. The number of methoxy groups -OCH3 is 1. The van der Waals surface area contributed by atoms with Crippen LogP contribution in [-0.4, -0.2) is 54.5 Å². The fourth-order valence-corrected chi connectivity index (χ4v) is 4.92. The molecule has 2 amide bonds. The third-order valence-corrected chi connectivity index (χ3v) is 6.78. The molecule has 0 spiro atoms. The average molecular weight is 429 g/mol. The zero-order chi connectivity index (χ0) is 21.1. The summed E-state index contributed by atoms with van der Waals surface area (Å²) in [4.78, 5) is 30.6. The smallest absolute Gasteiger partial charge is 0.242 e. The monoisotopic (exact) mass is 428 g/mol. The summed E-state index contributed by atoms with van der Waals surface area (Å²) in [7, 11) is 1.63. The lowest BCUT2D eigenvalue weighted by Gasteiger charge is -2.37. The summed E-state index contributed by atoms with van der Waals surface area (Å²) in [5, 5.41) is 2.08. The molecule has 1 atom stereocenters. The minimum atomic E-state index is -0.156. The normalized spacial score (nSPS) is 17.9. The van der Waals surface area contributed by atoms with Gasteiger partial charge in [-0.3, -0.25) is 9.59 Å². The highest BCUT2D eigenvalue weighted by atomic mass is 32.1. The Balaban J connectivity index is 1.50. The highest BCUT2D eigenvalue weighted by molar-refractivity contribution is 7.10. The number of fused-ring (bicyclic) bond motifs is 1. The van der Waals surface area contributed by atoms with E-state index in [0.29, 0.717) is 25.3 Å². The largest absolute Gasteiger partial charge is 0.497 e. The van der Waals surface area contributed by atoms with E-state index >= 15 is 0 Å². The molecule has 4 rings (SSSR count). The summed E-state index contributed by atoms with van der Waals surface area (Å²) in [5.74, 6) is 1.51. The fraction of sp³-hybridized carbons (Fsp3) is 0.478. The first-order chi connectivity index (χ1) is 14.6. The molecule has 0 saturated heterocycles. The van der Waals surface area contributed by atoms with Crippen molar-refractivity contribution in [2.75, 3.05) is 26.8 Å². The number of thiophene rings is 1. The highest BCUT2D eigenvalue weighted by Crippen LogP contribution is 2.35. The Morgan fingerprint density at radius 3 is 2.77 bits per heavy atom. The molecule has 2 heterocycles. The van der Waals surface area contributed by atoms with Gasteiger partial charge in [0.05, 0.1) is 13.2 Å². The molecule has 30 heavy (non-hydrogen) atoms. The molecule has 0 bridgehead atoms. The zero-order valence-corrected chi connectivity index (χ0v) is 18.3. The standard InChI is InChI=1S/C23H28N2O4S/c1-3-22(26)25(16-7-8-16)14-23(27)24-11-9-21-19(10-12-30-21)20(24)15-29-18-6-4-5-17(13-18)28-2/h4-6,10,12-13,16,20H,3,7-9,11,14-15H2,1-2H3/t20-/m0/s1. The van der Waals surface area contributed by atoms with E-state index in [1.807, 2.05) is 36.1 Å². The van der Waals surface area contributed by atoms with Gasteiger partial charge in [-0.05, 0) is 48.4 Å².